The van der Waals surface area contributed by atoms with Gasteiger partial charge in [0.05, 0.1) is 0 Å². The molecule has 0 saturated carbocycles. The van der Waals surface area contributed by atoms with Crippen molar-refractivity contribution in [2.24, 2.45) is 10.8 Å². The minimum atomic E-state index is 0.267. The zero-order valence-electron chi connectivity index (χ0n) is 11.4. The van der Waals surface area contributed by atoms with Crippen LogP contribution in [0, 0.1) is 10.8 Å². The Morgan fingerprint density at radius 1 is 0.800 bits per heavy atom. The van der Waals surface area contributed by atoms with E-state index in [0.29, 0.717) is 0 Å². The van der Waals surface area contributed by atoms with Crippen LogP contribution in [0.4, 0.5) is 0 Å². The highest BCUT2D eigenvalue weighted by atomic mass is 14.1. The van der Waals surface area contributed by atoms with Gasteiger partial charge >= 0.3 is 0 Å². The third-order valence-corrected chi connectivity index (χ3v) is 1.80. The molecule has 0 saturated heterocycles. The maximum Gasteiger partial charge on any atom is -0.0200 e. The van der Waals surface area contributed by atoms with Crippen molar-refractivity contribution in [2.75, 3.05) is 0 Å². The first kappa shape index (κ1) is 14.2. The lowest BCUT2D eigenvalue weighted by molar-refractivity contribution is 0.543. The molecule has 0 aromatic rings. The van der Waals surface area contributed by atoms with E-state index in [4.69, 9.17) is 0 Å². The van der Waals surface area contributed by atoms with Gasteiger partial charge in [0, 0.05) is 0 Å². The van der Waals surface area contributed by atoms with E-state index in [0.717, 1.165) is 0 Å². The Labute approximate surface area is 95.8 Å². The Hall–Kier alpha value is -0.780. The van der Waals surface area contributed by atoms with Crippen LogP contribution < -0.4 is 0 Å². The van der Waals surface area contributed by atoms with E-state index in [9.17, 15) is 0 Å². The smallest absolute Gasteiger partial charge is 0.0200 e. The first-order chi connectivity index (χ1) is 6.60. The maximum atomic E-state index is 2.24. The van der Waals surface area contributed by atoms with Gasteiger partial charge in [0.2, 0.25) is 0 Å². The topological polar surface area (TPSA) is 0 Å². The summed E-state index contributed by atoms with van der Waals surface area (Å²) < 4.78 is 0. The predicted molar refractivity (Wildman–Crippen MR) is 70.9 cm³/mol. The van der Waals surface area contributed by atoms with Gasteiger partial charge in [-0.05, 0) is 17.8 Å². The van der Waals surface area contributed by atoms with Crippen molar-refractivity contribution < 1.29 is 0 Å². The van der Waals surface area contributed by atoms with E-state index in [-0.39, 0.29) is 10.8 Å². The molecule has 0 atom stereocenters. The van der Waals surface area contributed by atoms with Gasteiger partial charge < -0.3 is 0 Å². The van der Waals surface area contributed by atoms with E-state index >= 15 is 0 Å². The molecule has 0 amide bonds. The highest BCUT2D eigenvalue weighted by Gasteiger charge is 2.03. The van der Waals surface area contributed by atoms with Crippen molar-refractivity contribution in [3.8, 4) is 0 Å². The van der Waals surface area contributed by atoms with Crippen molar-refractivity contribution >= 4 is 0 Å². The Bertz CT molecular complexity index is 261. The van der Waals surface area contributed by atoms with Crippen molar-refractivity contribution in [1.29, 1.82) is 0 Å². The zero-order chi connectivity index (χ0) is 12.1. The molecule has 15 heavy (non-hydrogen) atoms. The molecule has 86 valence electrons. The first-order valence-corrected chi connectivity index (χ1v) is 5.65. The summed E-state index contributed by atoms with van der Waals surface area (Å²) in [6.07, 6.45) is 11.0. The van der Waals surface area contributed by atoms with Gasteiger partial charge in [-0.15, -0.1) is 0 Å². The molecule has 0 radical (unpaired) electrons. The van der Waals surface area contributed by atoms with Crippen molar-refractivity contribution in [3.05, 3.63) is 36.0 Å². The predicted octanol–water partition coefficient (Wildman–Crippen LogP) is 5.14. The Morgan fingerprint density at radius 3 is 1.67 bits per heavy atom. The van der Waals surface area contributed by atoms with Crippen LogP contribution in [0.2, 0.25) is 0 Å². The fourth-order valence-electron chi connectivity index (χ4n) is 0.926. The summed E-state index contributed by atoms with van der Waals surface area (Å²) in [5.74, 6) is 0. The fourth-order valence-corrected chi connectivity index (χ4v) is 0.926. The van der Waals surface area contributed by atoms with Gasteiger partial charge in [-0.25, -0.2) is 0 Å². The van der Waals surface area contributed by atoms with Crippen molar-refractivity contribution in [1.82, 2.24) is 0 Å². The second kappa shape index (κ2) is 5.34. The van der Waals surface area contributed by atoms with E-state index in [1.807, 2.05) is 0 Å². The minimum absolute atomic E-state index is 0.267. The highest BCUT2D eigenvalue weighted by molar-refractivity contribution is 5.23. The molecule has 0 spiro atoms. The number of hydrogen-bond donors (Lipinski definition) is 0. The normalized spacial score (nSPS) is 15.5. The molecule has 0 fully saturated rings. The molecule has 0 aromatic heterocycles. The van der Waals surface area contributed by atoms with Crippen LogP contribution in [0.3, 0.4) is 0 Å². The Morgan fingerprint density at radius 2 is 1.27 bits per heavy atom. The average Bonchev–Trinajstić information content (AvgIpc) is 1.97. The second-order valence-corrected chi connectivity index (χ2v) is 6.34. The quantitative estimate of drug-likeness (QED) is 0.549. The van der Waals surface area contributed by atoms with Gasteiger partial charge in [0.1, 0.15) is 0 Å². The highest BCUT2D eigenvalue weighted by Crippen LogP contribution is 2.17. The second-order valence-electron chi connectivity index (χ2n) is 6.34. The standard InChI is InChI=1S/C15H26/c1-13(10-12-15(5,6)7)9-8-11-14(2,3)4/h8-12H,1-7H3/b11-8?,12-10+,13-9+. The van der Waals surface area contributed by atoms with Crippen LogP contribution in [0.1, 0.15) is 48.5 Å². The lowest BCUT2D eigenvalue weighted by atomic mass is 9.95. The monoisotopic (exact) mass is 206 g/mol. The average molecular weight is 206 g/mol. The largest absolute Gasteiger partial charge is 0.0791 e. The van der Waals surface area contributed by atoms with Gasteiger partial charge in [0.25, 0.3) is 0 Å². The minimum Gasteiger partial charge on any atom is -0.0791 e. The molecule has 0 aliphatic rings. The van der Waals surface area contributed by atoms with Gasteiger partial charge in [-0.1, -0.05) is 77.5 Å². The Kier molecular flexibility index (Phi) is 5.07. The van der Waals surface area contributed by atoms with E-state index in [1.165, 1.54) is 5.57 Å². The zero-order valence-corrected chi connectivity index (χ0v) is 11.4. The SMILES string of the molecule is CC(/C=C/C(C)(C)C)=C\C=CC(C)(C)C. The summed E-state index contributed by atoms with van der Waals surface area (Å²) in [5, 5.41) is 0. The molecule has 0 rings (SSSR count). The van der Waals surface area contributed by atoms with Crippen LogP contribution in [-0.2, 0) is 0 Å². The third-order valence-electron chi connectivity index (χ3n) is 1.80. The van der Waals surface area contributed by atoms with Gasteiger partial charge in [-0.3, -0.25) is 0 Å². The molecular formula is C15H26. The van der Waals surface area contributed by atoms with E-state index in [1.54, 1.807) is 0 Å². The lowest BCUT2D eigenvalue weighted by Crippen LogP contribution is -1.98. The molecule has 0 nitrogen and oxygen atoms in total. The van der Waals surface area contributed by atoms with Gasteiger partial charge in [0.15, 0.2) is 0 Å². The van der Waals surface area contributed by atoms with Crippen LogP contribution in [0.5, 0.6) is 0 Å². The summed E-state index contributed by atoms with van der Waals surface area (Å²) in [6.45, 7) is 15.4. The van der Waals surface area contributed by atoms with Crippen LogP contribution in [0.15, 0.2) is 36.0 Å². The lowest BCUT2D eigenvalue weighted by Gasteiger charge is -2.11. The van der Waals surface area contributed by atoms with Crippen molar-refractivity contribution in [3.63, 3.8) is 0 Å². The maximum absolute atomic E-state index is 2.24. The summed E-state index contributed by atoms with van der Waals surface area (Å²) in [6, 6.07) is 0. The van der Waals surface area contributed by atoms with Crippen LogP contribution in [-0.4, -0.2) is 0 Å². The van der Waals surface area contributed by atoms with Gasteiger partial charge in [-0.2, -0.15) is 0 Å². The summed E-state index contributed by atoms with van der Waals surface area (Å²) in [7, 11) is 0. The molecular weight excluding hydrogens is 180 g/mol. The first-order valence-electron chi connectivity index (χ1n) is 5.65. The molecule has 0 bridgehead atoms. The third kappa shape index (κ3) is 11.1. The molecule has 0 heteroatoms. The van der Waals surface area contributed by atoms with Crippen molar-refractivity contribution in [2.45, 2.75) is 48.5 Å². The molecule has 0 heterocycles. The fraction of sp³-hybridized carbons (Fsp3) is 0.600. The van der Waals surface area contributed by atoms with E-state index in [2.05, 4.69) is 78.8 Å². The van der Waals surface area contributed by atoms with Crippen LogP contribution >= 0.6 is 0 Å². The number of allylic oxidation sites excluding steroid dienone is 6. The number of hydrogen-bond acceptors (Lipinski definition) is 0. The molecule has 0 aliphatic heterocycles. The van der Waals surface area contributed by atoms with E-state index < -0.39 is 0 Å². The summed E-state index contributed by atoms with van der Waals surface area (Å²) in [4.78, 5) is 0. The number of rotatable bonds is 2. The molecule has 0 unspecified atom stereocenters. The summed E-state index contributed by atoms with van der Waals surface area (Å²) >= 11 is 0. The van der Waals surface area contributed by atoms with Crippen LogP contribution in [0.25, 0.3) is 0 Å². The molecule has 0 aliphatic carbocycles. The summed E-state index contributed by atoms with van der Waals surface area (Å²) in [5.41, 5.74) is 1.83. The molecule has 0 aromatic carbocycles. The Balaban J connectivity index is 4.35. The molecule has 0 N–H and O–H groups in total.